The maximum absolute atomic E-state index is 14.4. The molecule has 2 saturated heterocycles. The van der Waals surface area contributed by atoms with E-state index < -0.39 is 23.0 Å². The van der Waals surface area contributed by atoms with Crippen LogP contribution in [0.1, 0.15) is 5.56 Å². The van der Waals surface area contributed by atoms with E-state index in [9.17, 15) is 13.9 Å². The Bertz CT molecular complexity index is 1140. The number of anilines is 1. The number of nitrogens with zero attached hydrogens (tertiary/aromatic N) is 2. The number of halogens is 2. The molecule has 0 aliphatic carbocycles. The van der Waals surface area contributed by atoms with Crippen LogP contribution in [0, 0.1) is 17.0 Å². The number of nitrogen functional groups attached to an aromatic ring is 1. The summed E-state index contributed by atoms with van der Waals surface area (Å²) in [5.41, 5.74) is 6.97. The molecule has 1 aromatic carbocycles. The summed E-state index contributed by atoms with van der Waals surface area (Å²) in [6.07, 6.45) is 6.98. The van der Waals surface area contributed by atoms with Gasteiger partial charge in [0.2, 0.25) is 0 Å². The monoisotopic (exact) mass is 438 g/mol. The number of aliphatic imine (C=N–C) groups is 1. The SMILES string of the molecule is C=CC(C=CC(=N)N1CCNCC1)=C1C=C2C(=NC1)NC2=C(O)c1c(F)ccc(N)c1F. The molecule has 3 aliphatic rings. The molecule has 166 valence electrons. The van der Waals surface area contributed by atoms with Crippen LogP contribution in [0.4, 0.5) is 14.5 Å². The Labute approximate surface area is 184 Å². The lowest BCUT2D eigenvalue weighted by atomic mass is 9.92. The summed E-state index contributed by atoms with van der Waals surface area (Å²) in [5.74, 6) is -1.57. The molecule has 0 atom stereocenters. The van der Waals surface area contributed by atoms with Crippen molar-refractivity contribution in [2.75, 3.05) is 38.5 Å². The highest BCUT2D eigenvalue weighted by Gasteiger charge is 2.33. The molecule has 9 heteroatoms. The number of hydrogen-bond acceptors (Lipinski definition) is 6. The quantitative estimate of drug-likeness (QED) is 0.215. The highest BCUT2D eigenvalue weighted by molar-refractivity contribution is 6.14. The summed E-state index contributed by atoms with van der Waals surface area (Å²) >= 11 is 0. The Morgan fingerprint density at radius 2 is 2.00 bits per heavy atom. The zero-order chi connectivity index (χ0) is 22.8. The van der Waals surface area contributed by atoms with Crippen LogP contribution in [0.5, 0.6) is 0 Å². The van der Waals surface area contributed by atoms with Gasteiger partial charge in [0.25, 0.3) is 0 Å². The lowest BCUT2D eigenvalue weighted by Crippen LogP contribution is -2.45. The minimum absolute atomic E-state index is 0.172. The number of allylic oxidation sites excluding steroid dienone is 3. The lowest BCUT2D eigenvalue weighted by Gasteiger charge is -2.31. The van der Waals surface area contributed by atoms with E-state index in [1.165, 1.54) is 0 Å². The minimum atomic E-state index is -1.02. The van der Waals surface area contributed by atoms with Crippen LogP contribution in [-0.4, -0.2) is 54.4 Å². The van der Waals surface area contributed by atoms with Gasteiger partial charge in [-0.3, -0.25) is 10.4 Å². The van der Waals surface area contributed by atoms with Gasteiger partial charge in [0, 0.05) is 31.8 Å². The van der Waals surface area contributed by atoms with Crippen molar-refractivity contribution in [3.05, 3.63) is 82.6 Å². The van der Waals surface area contributed by atoms with E-state index in [1.807, 2.05) is 4.90 Å². The van der Waals surface area contributed by atoms with Crippen LogP contribution in [0.15, 0.2) is 70.4 Å². The van der Waals surface area contributed by atoms with E-state index >= 15 is 0 Å². The third-order valence-electron chi connectivity index (χ3n) is 5.56. The standard InChI is InChI=1S/C23H24F2N6O/c1-2-13(3-6-18(27)31-9-7-28-8-10-31)14-11-15-21(30-23(15)29-12-14)22(32)19-16(24)4-5-17(26)20(19)25/h2-6,11,27-28,32H,1,7-10,12,26H2,(H,29,30). The largest absolute Gasteiger partial charge is 0.505 e. The van der Waals surface area contributed by atoms with Crippen molar-refractivity contribution in [2.24, 2.45) is 4.99 Å². The van der Waals surface area contributed by atoms with E-state index in [0.29, 0.717) is 23.8 Å². The summed E-state index contributed by atoms with van der Waals surface area (Å²) in [7, 11) is 0. The summed E-state index contributed by atoms with van der Waals surface area (Å²) in [5, 5.41) is 24.9. The summed E-state index contributed by atoms with van der Waals surface area (Å²) in [4.78, 5) is 6.41. The van der Waals surface area contributed by atoms with Crippen molar-refractivity contribution < 1.29 is 13.9 Å². The van der Waals surface area contributed by atoms with Crippen molar-refractivity contribution in [2.45, 2.75) is 0 Å². The third-order valence-corrected chi connectivity index (χ3v) is 5.56. The summed E-state index contributed by atoms with van der Waals surface area (Å²) < 4.78 is 28.5. The third kappa shape index (κ3) is 3.94. The van der Waals surface area contributed by atoms with Crippen molar-refractivity contribution >= 4 is 23.1 Å². The molecular weight excluding hydrogens is 414 g/mol. The maximum Gasteiger partial charge on any atom is 0.160 e. The molecule has 0 amide bonds. The first kappa shape index (κ1) is 21.5. The topological polar surface area (TPSA) is 110 Å². The fourth-order valence-electron chi connectivity index (χ4n) is 3.72. The zero-order valence-corrected chi connectivity index (χ0v) is 17.4. The molecule has 7 nitrogen and oxygen atoms in total. The number of amidine groups is 2. The molecule has 1 aromatic rings. The van der Waals surface area contributed by atoms with Gasteiger partial charge in [-0.2, -0.15) is 0 Å². The molecule has 2 fully saturated rings. The minimum Gasteiger partial charge on any atom is -0.505 e. The van der Waals surface area contributed by atoms with E-state index in [-0.39, 0.29) is 11.4 Å². The van der Waals surface area contributed by atoms with E-state index in [1.54, 1.807) is 24.3 Å². The second-order valence-corrected chi connectivity index (χ2v) is 7.54. The van der Waals surface area contributed by atoms with E-state index in [2.05, 4.69) is 22.2 Å². The Hall–Kier alpha value is -3.72. The lowest BCUT2D eigenvalue weighted by molar-refractivity contribution is 0.357. The molecular formula is C23H24F2N6O. The molecule has 0 spiro atoms. The van der Waals surface area contributed by atoms with Crippen LogP contribution >= 0.6 is 0 Å². The predicted molar refractivity (Wildman–Crippen MR) is 122 cm³/mol. The van der Waals surface area contributed by atoms with Crippen LogP contribution < -0.4 is 16.4 Å². The molecule has 32 heavy (non-hydrogen) atoms. The number of aliphatic hydroxyl groups excluding tert-OH is 1. The molecule has 3 heterocycles. The van der Waals surface area contributed by atoms with Crippen molar-refractivity contribution in [3.8, 4) is 0 Å². The average Bonchev–Trinajstić information content (AvgIpc) is 2.79. The normalized spacial score (nSPS) is 21.1. The van der Waals surface area contributed by atoms with Gasteiger partial charge in [0.05, 0.1) is 23.5 Å². The first-order valence-electron chi connectivity index (χ1n) is 10.2. The molecule has 3 aliphatic heterocycles. The van der Waals surface area contributed by atoms with Gasteiger partial charge < -0.3 is 26.4 Å². The smallest absolute Gasteiger partial charge is 0.160 e. The molecule has 0 aromatic heterocycles. The van der Waals surface area contributed by atoms with Gasteiger partial charge >= 0.3 is 0 Å². The summed E-state index contributed by atoms with van der Waals surface area (Å²) in [6, 6.07) is 2.11. The van der Waals surface area contributed by atoms with Gasteiger partial charge in [-0.1, -0.05) is 18.7 Å². The van der Waals surface area contributed by atoms with Crippen molar-refractivity contribution in [1.82, 2.24) is 15.5 Å². The number of hydrogen-bond donors (Lipinski definition) is 5. The number of benzene rings is 1. The second kappa shape index (κ2) is 8.80. The van der Waals surface area contributed by atoms with Gasteiger partial charge in [-0.05, 0) is 35.4 Å². The van der Waals surface area contributed by atoms with Crippen molar-refractivity contribution in [3.63, 3.8) is 0 Å². The van der Waals surface area contributed by atoms with Gasteiger partial charge in [-0.15, -0.1) is 0 Å². The number of piperazine rings is 1. The molecule has 0 saturated carbocycles. The van der Waals surface area contributed by atoms with Gasteiger partial charge in [0.1, 0.15) is 17.5 Å². The number of rotatable bonds is 4. The van der Waals surface area contributed by atoms with Crippen LogP contribution in [0.3, 0.4) is 0 Å². The number of nitrogens with two attached hydrogens (primary N) is 1. The fraction of sp³-hybridized carbons (Fsp3) is 0.217. The Morgan fingerprint density at radius 1 is 1.25 bits per heavy atom. The highest BCUT2D eigenvalue weighted by Crippen LogP contribution is 2.34. The summed E-state index contributed by atoms with van der Waals surface area (Å²) in [6.45, 7) is 7.46. The number of dihydropyridines is 1. The molecule has 6 N–H and O–H groups in total. The molecule has 0 unspecified atom stereocenters. The molecule has 0 radical (unpaired) electrons. The first-order chi connectivity index (χ1) is 15.4. The van der Waals surface area contributed by atoms with Crippen LogP contribution in [0.2, 0.25) is 0 Å². The Balaban J connectivity index is 1.64. The van der Waals surface area contributed by atoms with E-state index in [0.717, 1.165) is 49.5 Å². The maximum atomic E-state index is 14.4. The predicted octanol–water partition coefficient (Wildman–Crippen LogP) is 2.64. The highest BCUT2D eigenvalue weighted by atomic mass is 19.1. The van der Waals surface area contributed by atoms with E-state index in [4.69, 9.17) is 11.1 Å². The van der Waals surface area contributed by atoms with Crippen LogP contribution in [0.25, 0.3) is 5.76 Å². The fourth-order valence-corrected chi connectivity index (χ4v) is 3.72. The second-order valence-electron chi connectivity index (χ2n) is 7.54. The van der Waals surface area contributed by atoms with Gasteiger partial charge in [-0.25, -0.2) is 8.78 Å². The van der Waals surface area contributed by atoms with Crippen LogP contribution in [-0.2, 0) is 0 Å². The number of nitrogens with one attached hydrogen (secondary N) is 3. The average molecular weight is 438 g/mol. The van der Waals surface area contributed by atoms with Crippen molar-refractivity contribution in [1.29, 1.82) is 5.41 Å². The molecule has 0 bridgehead atoms. The molecule has 4 rings (SSSR count). The zero-order valence-electron chi connectivity index (χ0n) is 17.4. The number of aliphatic hydroxyl groups is 1. The Kier molecular flexibility index (Phi) is 5.91. The van der Waals surface area contributed by atoms with Gasteiger partial charge in [0.15, 0.2) is 11.6 Å². The Morgan fingerprint density at radius 3 is 2.72 bits per heavy atom. The number of fused-ring (bicyclic) bond motifs is 1. The first-order valence-corrected chi connectivity index (χ1v) is 10.2.